The SMILES string of the molecule is CCO/N=C1\CC(c2ccccc2)Cc2onc(C)c21. The number of rotatable bonds is 3. The number of nitrogens with zero attached hydrogens (tertiary/aromatic N) is 2. The van der Waals surface area contributed by atoms with Crippen LogP contribution in [0.4, 0.5) is 0 Å². The fourth-order valence-electron chi connectivity index (χ4n) is 2.74. The lowest BCUT2D eigenvalue weighted by atomic mass is 9.82. The molecule has 1 aliphatic rings. The third-order valence-electron chi connectivity index (χ3n) is 3.67. The number of hydrogen-bond donors (Lipinski definition) is 0. The van der Waals surface area contributed by atoms with Crippen LogP contribution >= 0.6 is 0 Å². The summed E-state index contributed by atoms with van der Waals surface area (Å²) in [6, 6.07) is 10.5. The van der Waals surface area contributed by atoms with Crippen molar-refractivity contribution in [3.8, 4) is 0 Å². The summed E-state index contributed by atoms with van der Waals surface area (Å²) >= 11 is 0. The average Bonchev–Trinajstić information content (AvgIpc) is 2.87. The van der Waals surface area contributed by atoms with Crippen molar-refractivity contribution < 1.29 is 9.36 Å². The normalized spacial score (nSPS) is 19.9. The summed E-state index contributed by atoms with van der Waals surface area (Å²) in [6.07, 6.45) is 1.73. The summed E-state index contributed by atoms with van der Waals surface area (Å²) in [6.45, 7) is 4.45. The minimum absolute atomic E-state index is 0.371. The predicted octanol–water partition coefficient (Wildman–Crippen LogP) is 3.45. The van der Waals surface area contributed by atoms with E-state index in [0.29, 0.717) is 12.5 Å². The van der Waals surface area contributed by atoms with E-state index in [0.717, 1.165) is 35.6 Å². The van der Waals surface area contributed by atoms with E-state index in [1.54, 1.807) is 0 Å². The lowest BCUT2D eigenvalue weighted by Crippen LogP contribution is -2.19. The van der Waals surface area contributed by atoms with Crippen LogP contribution in [0.1, 0.15) is 41.8 Å². The van der Waals surface area contributed by atoms with E-state index in [2.05, 4.69) is 34.6 Å². The lowest BCUT2D eigenvalue weighted by molar-refractivity contribution is 0.158. The first-order chi connectivity index (χ1) is 9.79. The second kappa shape index (κ2) is 5.49. The monoisotopic (exact) mass is 270 g/mol. The standard InChI is InChI=1S/C16H18N2O2/c1-3-19-18-14-9-13(12-7-5-4-6-8-12)10-15-16(14)11(2)17-20-15/h4-8,13H,3,9-10H2,1-2H3/b18-14+. The first-order valence-electron chi connectivity index (χ1n) is 6.99. The Morgan fingerprint density at radius 2 is 2.10 bits per heavy atom. The summed E-state index contributed by atoms with van der Waals surface area (Å²) in [7, 11) is 0. The fraction of sp³-hybridized carbons (Fsp3) is 0.375. The second-order valence-electron chi connectivity index (χ2n) is 5.04. The van der Waals surface area contributed by atoms with Crippen LogP contribution < -0.4 is 0 Å². The van der Waals surface area contributed by atoms with Gasteiger partial charge in [-0.3, -0.25) is 0 Å². The number of fused-ring (bicyclic) bond motifs is 1. The number of oxime groups is 1. The van der Waals surface area contributed by atoms with Crippen LogP contribution in [-0.2, 0) is 11.3 Å². The van der Waals surface area contributed by atoms with Gasteiger partial charge in [0.2, 0.25) is 0 Å². The van der Waals surface area contributed by atoms with E-state index in [-0.39, 0.29) is 0 Å². The summed E-state index contributed by atoms with van der Waals surface area (Å²) in [5.74, 6) is 1.29. The van der Waals surface area contributed by atoms with Gasteiger partial charge in [0.05, 0.1) is 17.0 Å². The highest BCUT2D eigenvalue weighted by Gasteiger charge is 2.30. The molecular weight excluding hydrogens is 252 g/mol. The molecule has 0 spiro atoms. The Balaban J connectivity index is 1.97. The number of hydrogen-bond acceptors (Lipinski definition) is 4. The molecule has 0 saturated heterocycles. The molecule has 1 heterocycles. The van der Waals surface area contributed by atoms with Crippen molar-refractivity contribution >= 4 is 5.71 Å². The third-order valence-corrected chi connectivity index (χ3v) is 3.67. The van der Waals surface area contributed by atoms with Crippen LogP contribution in [0, 0.1) is 6.92 Å². The molecule has 1 aromatic carbocycles. The molecule has 0 radical (unpaired) electrons. The van der Waals surface area contributed by atoms with Crippen LogP contribution in [0.25, 0.3) is 0 Å². The van der Waals surface area contributed by atoms with Crippen LogP contribution in [0.15, 0.2) is 40.0 Å². The van der Waals surface area contributed by atoms with Gasteiger partial charge in [0.1, 0.15) is 12.4 Å². The number of aromatic nitrogens is 1. The molecule has 0 aliphatic heterocycles. The van der Waals surface area contributed by atoms with Crippen molar-refractivity contribution in [3.63, 3.8) is 0 Å². The van der Waals surface area contributed by atoms with Crippen molar-refractivity contribution in [3.05, 3.63) is 52.9 Å². The number of aryl methyl sites for hydroxylation is 1. The largest absolute Gasteiger partial charge is 0.396 e. The van der Waals surface area contributed by atoms with Gasteiger partial charge >= 0.3 is 0 Å². The fourth-order valence-corrected chi connectivity index (χ4v) is 2.74. The van der Waals surface area contributed by atoms with Crippen molar-refractivity contribution in [2.45, 2.75) is 32.6 Å². The minimum atomic E-state index is 0.371. The van der Waals surface area contributed by atoms with Gasteiger partial charge in [-0.25, -0.2) is 0 Å². The zero-order chi connectivity index (χ0) is 13.9. The van der Waals surface area contributed by atoms with E-state index in [4.69, 9.17) is 9.36 Å². The maximum Gasteiger partial charge on any atom is 0.146 e. The highest BCUT2D eigenvalue weighted by Crippen LogP contribution is 2.34. The van der Waals surface area contributed by atoms with Crippen LogP contribution in [0.5, 0.6) is 0 Å². The van der Waals surface area contributed by atoms with Crippen molar-refractivity contribution in [2.24, 2.45) is 5.16 Å². The highest BCUT2D eigenvalue weighted by molar-refractivity contribution is 6.03. The van der Waals surface area contributed by atoms with E-state index in [1.165, 1.54) is 5.56 Å². The molecule has 1 atom stereocenters. The van der Waals surface area contributed by atoms with Gasteiger partial charge in [-0.15, -0.1) is 0 Å². The Kier molecular flexibility index (Phi) is 3.54. The Morgan fingerprint density at radius 1 is 1.30 bits per heavy atom. The maximum atomic E-state index is 5.46. The van der Waals surface area contributed by atoms with Crippen LogP contribution in [0.2, 0.25) is 0 Å². The molecule has 0 N–H and O–H groups in total. The quantitative estimate of drug-likeness (QED) is 0.802. The Bertz CT molecular complexity index is 617. The Labute approximate surface area is 118 Å². The van der Waals surface area contributed by atoms with Crippen molar-refractivity contribution in [1.82, 2.24) is 5.16 Å². The molecule has 2 aromatic rings. The molecular formula is C16H18N2O2. The molecule has 4 heteroatoms. The van der Waals surface area contributed by atoms with Crippen molar-refractivity contribution in [1.29, 1.82) is 0 Å². The third kappa shape index (κ3) is 2.33. The zero-order valence-corrected chi connectivity index (χ0v) is 11.8. The van der Waals surface area contributed by atoms with Crippen LogP contribution in [0.3, 0.4) is 0 Å². The molecule has 1 aliphatic carbocycles. The number of benzene rings is 1. The van der Waals surface area contributed by atoms with Gasteiger partial charge < -0.3 is 9.36 Å². The summed E-state index contributed by atoms with van der Waals surface area (Å²) in [5, 5.41) is 8.34. The van der Waals surface area contributed by atoms with Gasteiger partial charge in [-0.1, -0.05) is 40.6 Å². The zero-order valence-electron chi connectivity index (χ0n) is 11.8. The molecule has 1 unspecified atom stereocenters. The second-order valence-corrected chi connectivity index (χ2v) is 5.04. The first kappa shape index (κ1) is 12.9. The predicted molar refractivity (Wildman–Crippen MR) is 76.9 cm³/mol. The van der Waals surface area contributed by atoms with E-state index < -0.39 is 0 Å². The van der Waals surface area contributed by atoms with E-state index in [1.807, 2.05) is 19.9 Å². The Morgan fingerprint density at radius 3 is 2.85 bits per heavy atom. The first-order valence-corrected chi connectivity index (χ1v) is 6.99. The van der Waals surface area contributed by atoms with Crippen LogP contribution in [-0.4, -0.2) is 17.5 Å². The van der Waals surface area contributed by atoms with Gasteiger partial charge in [0.15, 0.2) is 0 Å². The molecule has 0 saturated carbocycles. The van der Waals surface area contributed by atoms with Gasteiger partial charge in [-0.2, -0.15) is 0 Å². The maximum absolute atomic E-state index is 5.46. The molecule has 0 bridgehead atoms. The topological polar surface area (TPSA) is 47.6 Å². The molecule has 104 valence electrons. The molecule has 20 heavy (non-hydrogen) atoms. The summed E-state index contributed by atoms with van der Waals surface area (Å²) in [4.78, 5) is 5.26. The smallest absolute Gasteiger partial charge is 0.146 e. The van der Waals surface area contributed by atoms with E-state index >= 15 is 0 Å². The van der Waals surface area contributed by atoms with Crippen molar-refractivity contribution in [2.75, 3.05) is 6.61 Å². The lowest BCUT2D eigenvalue weighted by Gasteiger charge is -2.22. The minimum Gasteiger partial charge on any atom is -0.396 e. The average molecular weight is 270 g/mol. The Hall–Kier alpha value is -2.10. The molecule has 0 fully saturated rings. The van der Waals surface area contributed by atoms with Gasteiger partial charge in [0, 0.05) is 12.8 Å². The molecule has 3 rings (SSSR count). The van der Waals surface area contributed by atoms with E-state index in [9.17, 15) is 0 Å². The highest BCUT2D eigenvalue weighted by atomic mass is 16.6. The van der Waals surface area contributed by atoms with Gasteiger partial charge in [-0.05, 0) is 25.3 Å². The summed E-state index contributed by atoms with van der Waals surface area (Å²) < 4.78 is 5.46. The molecule has 0 amide bonds. The molecule has 4 nitrogen and oxygen atoms in total. The van der Waals surface area contributed by atoms with Gasteiger partial charge in [0.25, 0.3) is 0 Å². The molecule has 1 aromatic heterocycles. The summed E-state index contributed by atoms with van der Waals surface area (Å²) in [5.41, 5.74) is 4.17.